The molecule has 28 heavy (non-hydrogen) atoms. The average molecular weight is 397 g/mol. The van der Waals surface area contributed by atoms with Crippen LogP contribution in [0.2, 0.25) is 0 Å². The predicted molar refractivity (Wildman–Crippen MR) is 90.3 cm³/mol. The van der Waals surface area contributed by atoms with Crippen molar-refractivity contribution >= 4 is 11.8 Å². The Balaban J connectivity index is 1.68. The Morgan fingerprint density at radius 2 is 1.43 bits per heavy atom. The number of H-pyrrole nitrogens is 1. The summed E-state index contributed by atoms with van der Waals surface area (Å²) in [6, 6.07) is 4.72. The highest BCUT2D eigenvalue weighted by atomic mass is 19.4. The monoisotopic (exact) mass is 397 g/mol. The summed E-state index contributed by atoms with van der Waals surface area (Å²) in [5.41, 5.74) is -1.82. The second-order valence-corrected chi connectivity index (χ2v) is 6.22. The number of carbonyl (C=O) groups is 2. The quantitative estimate of drug-likeness (QED) is 0.790. The molecule has 2 heterocycles. The van der Waals surface area contributed by atoms with Crippen LogP contribution in [0.4, 0.5) is 17.6 Å². The molecule has 0 bridgehead atoms. The van der Waals surface area contributed by atoms with Gasteiger partial charge < -0.3 is 14.8 Å². The van der Waals surface area contributed by atoms with E-state index in [1.807, 2.05) is 0 Å². The van der Waals surface area contributed by atoms with Crippen molar-refractivity contribution in [1.82, 2.24) is 14.8 Å². The maximum Gasteiger partial charge on any atom is 0.419 e. The molecule has 6 nitrogen and oxygen atoms in total. The lowest BCUT2D eigenvalue weighted by molar-refractivity contribution is -0.140. The lowest BCUT2D eigenvalue weighted by Gasteiger charge is -2.35. The van der Waals surface area contributed by atoms with E-state index in [2.05, 4.69) is 4.98 Å². The fourth-order valence-corrected chi connectivity index (χ4v) is 2.90. The lowest BCUT2D eigenvalue weighted by atomic mass is 10.1. The first-order valence-corrected chi connectivity index (χ1v) is 8.31. The van der Waals surface area contributed by atoms with E-state index in [0.717, 1.165) is 6.07 Å². The van der Waals surface area contributed by atoms with Gasteiger partial charge in [-0.25, -0.2) is 4.39 Å². The zero-order chi connectivity index (χ0) is 20.5. The Labute approximate surface area is 156 Å². The van der Waals surface area contributed by atoms with Crippen LogP contribution < -0.4 is 5.56 Å². The maximum absolute atomic E-state index is 13.4. The summed E-state index contributed by atoms with van der Waals surface area (Å²) >= 11 is 0. The van der Waals surface area contributed by atoms with Gasteiger partial charge in [-0.05, 0) is 24.3 Å². The number of piperazine rings is 1. The number of halogens is 4. The molecule has 3 rings (SSSR count). The first-order valence-electron chi connectivity index (χ1n) is 8.31. The number of aromatic nitrogens is 1. The molecule has 0 radical (unpaired) electrons. The van der Waals surface area contributed by atoms with Gasteiger partial charge in [-0.1, -0.05) is 0 Å². The molecular formula is C18H15F4N3O3. The van der Waals surface area contributed by atoms with E-state index in [0.29, 0.717) is 12.1 Å². The van der Waals surface area contributed by atoms with Crippen molar-refractivity contribution in [3.8, 4) is 0 Å². The Morgan fingerprint density at radius 3 is 1.93 bits per heavy atom. The van der Waals surface area contributed by atoms with Gasteiger partial charge in [0.05, 0.1) is 11.1 Å². The number of carbonyl (C=O) groups excluding carboxylic acids is 2. The van der Waals surface area contributed by atoms with Crippen molar-refractivity contribution in [3.05, 3.63) is 69.4 Å². The third-order valence-electron chi connectivity index (χ3n) is 4.40. The SMILES string of the molecule is O=C(c1ccc(=O)[nH]c1)N1CCN(C(=O)c2ccc(F)c(C(F)(F)F)c2)CC1. The van der Waals surface area contributed by atoms with Crippen molar-refractivity contribution < 1.29 is 27.2 Å². The second kappa shape index (κ2) is 7.45. The van der Waals surface area contributed by atoms with Crippen LogP contribution in [-0.4, -0.2) is 52.8 Å². The zero-order valence-corrected chi connectivity index (χ0v) is 14.4. The standard InChI is InChI=1S/C18H15F4N3O3/c19-14-3-1-11(9-13(14)18(20,21)22)16(27)24-5-7-25(8-6-24)17(28)12-2-4-15(26)23-10-12/h1-4,9-10H,5-8H2,(H,23,26). The fourth-order valence-electron chi connectivity index (χ4n) is 2.90. The van der Waals surface area contributed by atoms with Crippen LogP contribution in [0.25, 0.3) is 0 Å². The summed E-state index contributed by atoms with van der Waals surface area (Å²) in [4.78, 5) is 41.1. The van der Waals surface area contributed by atoms with E-state index in [9.17, 15) is 31.9 Å². The lowest BCUT2D eigenvalue weighted by Crippen LogP contribution is -2.50. The van der Waals surface area contributed by atoms with Crippen LogP contribution in [0, 0.1) is 5.82 Å². The highest BCUT2D eigenvalue weighted by Gasteiger charge is 2.35. The Bertz CT molecular complexity index is 943. The minimum atomic E-state index is -4.90. The predicted octanol–water partition coefficient (Wildman–Crippen LogP) is 2.13. The number of aromatic amines is 1. The van der Waals surface area contributed by atoms with Crippen LogP contribution in [0.15, 0.2) is 41.3 Å². The first kappa shape index (κ1) is 19.6. The van der Waals surface area contributed by atoms with Crippen LogP contribution in [0.5, 0.6) is 0 Å². The zero-order valence-electron chi connectivity index (χ0n) is 14.4. The summed E-state index contributed by atoms with van der Waals surface area (Å²) < 4.78 is 51.9. The van der Waals surface area contributed by atoms with E-state index >= 15 is 0 Å². The molecule has 0 unspecified atom stereocenters. The van der Waals surface area contributed by atoms with Gasteiger partial charge in [-0.2, -0.15) is 13.2 Å². The maximum atomic E-state index is 13.4. The van der Waals surface area contributed by atoms with Crippen LogP contribution in [0.3, 0.4) is 0 Å². The van der Waals surface area contributed by atoms with Crippen molar-refractivity contribution in [2.24, 2.45) is 0 Å². The molecule has 1 aromatic carbocycles. The molecule has 1 aliphatic rings. The van der Waals surface area contributed by atoms with Gasteiger partial charge in [0.25, 0.3) is 11.8 Å². The number of benzene rings is 1. The summed E-state index contributed by atoms with van der Waals surface area (Å²) in [6.45, 7) is 0.591. The molecule has 0 saturated carbocycles. The second-order valence-electron chi connectivity index (χ2n) is 6.22. The highest BCUT2D eigenvalue weighted by molar-refractivity contribution is 5.96. The molecule has 1 N–H and O–H groups in total. The first-order chi connectivity index (χ1) is 13.2. The Kier molecular flexibility index (Phi) is 5.21. The largest absolute Gasteiger partial charge is 0.419 e. The smallest absolute Gasteiger partial charge is 0.335 e. The summed E-state index contributed by atoms with van der Waals surface area (Å²) in [5, 5.41) is 0. The fraction of sp³-hybridized carbons (Fsp3) is 0.278. The van der Waals surface area contributed by atoms with Gasteiger partial charge in [0.2, 0.25) is 5.56 Å². The normalized spacial score (nSPS) is 14.9. The van der Waals surface area contributed by atoms with Crippen molar-refractivity contribution in [2.75, 3.05) is 26.2 Å². The summed E-state index contributed by atoms with van der Waals surface area (Å²) in [6.07, 6.45) is -3.61. The van der Waals surface area contributed by atoms with E-state index in [4.69, 9.17) is 0 Å². The molecule has 0 aliphatic carbocycles. The summed E-state index contributed by atoms with van der Waals surface area (Å²) in [5.74, 6) is -2.44. The Hall–Kier alpha value is -3.17. The number of hydrogen-bond donors (Lipinski definition) is 1. The number of amides is 2. The van der Waals surface area contributed by atoms with Crippen molar-refractivity contribution in [2.45, 2.75) is 6.18 Å². The van der Waals surface area contributed by atoms with Crippen molar-refractivity contribution in [3.63, 3.8) is 0 Å². The highest BCUT2D eigenvalue weighted by Crippen LogP contribution is 2.32. The third-order valence-corrected chi connectivity index (χ3v) is 4.40. The number of nitrogens with one attached hydrogen (secondary N) is 1. The molecular weight excluding hydrogens is 382 g/mol. The van der Waals surface area contributed by atoms with Gasteiger partial charge in [0.15, 0.2) is 0 Å². The molecule has 1 fully saturated rings. The van der Waals surface area contributed by atoms with Crippen LogP contribution in [0.1, 0.15) is 26.3 Å². The molecule has 1 aliphatic heterocycles. The molecule has 2 amide bonds. The molecule has 148 valence electrons. The van der Waals surface area contributed by atoms with Crippen LogP contribution >= 0.6 is 0 Å². The number of pyridine rings is 1. The van der Waals surface area contributed by atoms with Gasteiger partial charge in [-0.3, -0.25) is 14.4 Å². The Morgan fingerprint density at radius 1 is 0.893 bits per heavy atom. The van der Waals surface area contributed by atoms with Gasteiger partial charge >= 0.3 is 6.18 Å². The van der Waals surface area contributed by atoms with E-state index in [-0.39, 0.29) is 48.8 Å². The van der Waals surface area contributed by atoms with Gasteiger partial charge in [-0.15, -0.1) is 0 Å². The van der Waals surface area contributed by atoms with E-state index in [1.54, 1.807) is 0 Å². The third kappa shape index (κ3) is 4.05. The molecule has 2 aromatic rings. The number of rotatable bonds is 2. The molecule has 1 aromatic heterocycles. The summed E-state index contributed by atoms with van der Waals surface area (Å²) in [7, 11) is 0. The topological polar surface area (TPSA) is 73.5 Å². The number of hydrogen-bond acceptors (Lipinski definition) is 3. The van der Waals surface area contributed by atoms with E-state index < -0.39 is 23.5 Å². The van der Waals surface area contributed by atoms with Gasteiger partial charge in [0, 0.05) is 44.0 Å². The minimum absolute atomic E-state index is 0.118. The minimum Gasteiger partial charge on any atom is -0.335 e. The number of nitrogens with zero attached hydrogens (tertiary/aromatic N) is 2. The molecule has 1 saturated heterocycles. The van der Waals surface area contributed by atoms with E-state index in [1.165, 1.54) is 28.1 Å². The van der Waals surface area contributed by atoms with Crippen LogP contribution in [-0.2, 0) is 6.18 Å². The van der Waals surface area contributed by atoms with Crippen molar-refractivity contribution in [1.29, 1.82) is 0 Å². The molecule has 0 atom stereocenters. The molecule has 0 spiro atoms. The average Bonchev–Trinajstić information content (AvgIpc) is 2.67. The molecule has 10 heteroatoms. The van der Waals surface area contributed by atoms with Gasteiger partial charge in [0.1, 0.15) is 5.82 Å². The number of alkyl halides is 3.